The lowest BCUT2D eigenvalue weighted by Gasteiger charge is -2.31. The van der Waals surface area contributed by atoms with Crippen molar-refractivity contribution in [3.63, 3.8) is 0 Å². The van der Waals surface area contributed by atoms with Crippen LogP contribution in [0.15, 0.2) is 30.3 Å². The van der Waals surface area contributed by atoms with E-state index < -0.39 is 0 Å². The topological polar surface area (TPSA) is 41.1 Å². The van der Waals surface area contributed by atoms with Crippen LogP contribution < -0.4 is 10.2 Å². The lowest BCUT2D eigenvalue weighted by atomic mass is 9.99. The number of nitrogens with zero attached hydrogens (tertiary/aromatic N) is 3. The van der Waals surface area contributed by atoms with E-state index in [2.05, 4.69) is 28.2 Å². The Morgan fingerprint density at radius 1 is 1.17 bits per heavy atom. The molecule has 0 radical (unpaired) electrons. The second-order valence-corrected chi connectivity index (χ2v) is 6.78. The second-order valence-electron chi connectivity index (χ2n) is 6.34. The van der Waals surface area contributed by atoms with Crippen LogP contribution in [0.1, 0.15) is 31.0 Å². The maximum Gasteiger partial charge on any atom is 0.225 e. The largest absolute Gasteiger partial charge is 0.356 e. The highest BCUT2D eigenvalue weighted by atomic mass is 35.5. The molecule has 1 N–H and O–H groups in total. The molecule has 1 saturated heterocycles. The number of anilines is 2. The van der Waals surface area contributed by atoms with Crippen molar-refractivity contribution in [2.45, 2.75) is 33.2 Å². The molecule has 0 atom stereocenters. The van der Waals surface area contributed by atoms with Crippen LogP contribution in [0.3, 0.4) is 0 Å². The average Bonchev–Trinajstić information content (AvgIpc) is 2.54. The summed E-state index contributed by atoms with van der Waals surface area (Å²) in [5.74, 6) is 2.54. The third-order valence-corrected chi connectivity index (χ3v) is 4.56. The van der Waals surface area contributed by atoms with E-state index in [1.807, 2.05) is 31.2 Å². The highest BCUT2D eigenvalue weighted by Crippen LogP contribution is 2.23. The van der Waals surface area contributed by atoms with Crippen molar-refractivity contribution >= 4 is 23.4 Å². The Balaban J connectivity index is 1.68. The summed E-state index contributed by atoms with van der Waals surface area (Å²) in [5.41, 5.74) is 2.15. The van der Waals surface area contributed by atoms with Gasteiger partial charge in [-0.1, -0.05) is 30.7 Å². The van der Waals surface area contributed by atoms with Crippen LogP contribution >= 0.6 is 11.6 Å². The lowest BCUT2D eigenvalue weighted by Crippen LogP contribution is -2.33. The second kappa shape index (κ2) is 7.18. The number of nitrogens with one attached hydrogen (secondary N) is 1. The van der Waals surface area contributed by atoms with Crippen molar-refractivity contribution in [2.24, 2.45) is 5.92 Å². The molecule has 1 fully saturated rings. The molecule has 0 unspecified atom stereocenters. The third kappa shape index (κ3) is 4.35. The lowest BCUT2D eigenvalue weighted by molar-refractivity contribution is 0.436. The van der Waals surface area contributed by atoms with E-state index in [0.29, 0.717) is 12.5 Å². The summed E-state index contributed by atoms with van der Waals surface area (Å²) in [5, 5.41) is 4.07. The summed E-state index contributed by atoms with van der Waals surface area (Å²) in [7, 11) is 0. The minimum atomic E-state index is 0.688. The van der Waals surface area contributed by atoms with Crippen LogP contribution in [0.5, 0.6) is 0 Å². The quantitative estimate of drug-likeness (QED) is 0.908. The number of hydrogen-bond acceptors (Lipinski definition) is 4. The van der Waals surface area contributed by atoms with E-state index in [1.165, 1.54) is 12.8 Å². The van der Waals surface area contributed by atoms with E-state index in [-0.39, 0.29) is 0 Å². The molecule has 2 heterocycles. The normalized spacial score (nSPS) is 15.7. The van der Waals surface area contributed by atoms with Crippen molar-refractivity contribution < 1.29 is 0 Å². The molecule has 0 spiro atoms. The zero-order valence-corrected chi connectivity index (χ0v) is 14.5. The summed E-state index contributed by atoms with van der Waals surface area (Å²) in [6.45, 7) is 7.19. The number of aryl methyl sites for hydroxylation is 1. The first-order chi connectivity index (χ1) is 11.1. The van der Waals surface area contributed by atoms with Crippen LogP contribution in [0.2, 0.25) is 5.02 Å². The monoisotopic (exact) mass is 330 g/mol. The van der Waals surface area contributed by atoms with Gasteiger partial charge >= 0.3 is 0 Å². The van der Waals surface area contributed by atoms with Crippen LogP contribution in [0.4, 0.5) is 11.8 Å². The molecule has 1 aliphatic rings. The van der Waals surface area contributed by atoms with Gasteiger partial charge in [-0.3, -0.25) is 0 Å². The summed E-state index contributed by atoms with van der Waals surface area (Å²) < 4.78 is 0. The van der Waals surface area contributed by atoms with Gasteiger partial charge in [0.15, 0.2) is 0 Å². The van der Waals surface area contributed by atoms with Crippen molar-refractivity contribution in [3.05, 3.63) is 46.6 Å². The number of aromatic nitrogens is 2. The first kappa shape index (κ1) is 16.1. The Labute approximate surface area is 142 Å². The highest BCUT2D eigenvalue weighted by molar-refractivity contribution is 6.30. The number of hydrogen-bond donors (Lipinski definition) is 1. The molecule has 0 saturated carbocycles. The fourth-order valence-corrected chi connectivity index (χ4v) is 2.94. The minimum Gasteiger partial charge on any atom is -0.356 e. The van der Waals surface area contributed by atoms with Crippen molar-refractivity contribution in [1.82, 2.24) is 9.97 Å². The van der Waals surface area contributed by atoms with Gasteiger partial charge in [-0.2, -0.15) is 4.98 Å². The molecular weight excluding hydrogens is 308 g/mol. The van der Waals surface area contributed by atoms with E-state index >= 15 is 0 Å². The summed E-state index contributed by atoms with van der Waals surface area (Å²) >= 11 is 5.92. The fourth-order valence-electron chi connectivity index (χ4n) is 2.81. The molecule has 0 amide bonds. The minimum absolute atomic E-state index is 0.688. The molecule has 5 heteroatoms. The predicted molar refractivity (Wildman–Crippen MR) is 96.2 cm³/mol. The van der Waals surface area contributed by atoms with E-state index in [0.717, 1.165) is 41.1 Å². The Morgan fingerprint density at radius 2 is 1.87 bits per heavy atom. The fraction of sp³-hybridized carbons (Fsp3) is 0.444. The molecule has 2 aromatic rings. The Kier molecular flexibility index (Phi) is 5.01. The molecule has 0 aliphatic carbocycles. The van der Waals surface area contributed by atoms with E-state index in [9.17, 15) is 0 Å². The van der Waals surface area contributed by atoms with Gasteiger partial charge in [0, 0.05) is 36.4 Å². The third-order valence-electron chi connectivity index (χ3n) is 4.31. The summed E-state index contributed by atoms with van der Waals surface area (Å²) in [6, 6.07) is 9.89. The zero-order valence-electron chi connectivity index (χ0n) is 13.7. The molecule has 0 bridgehead atoms. The molecular formula is C18H23ClN4. The van der Waals surface area contributed by atoms with E-state index in [1.54, 1.807) is 0 Å². The first-order valence-electron chi connectivity index (χ1n) is 8.19. The van der Waals surface area contributed by atoms with Gasteiger partial charge in [-0.25, -0.2) is 4.98 Å². The maximum absolute atomic E-state index is 5.92. The predicted octanol–water partition coefficient (Wildman–Crippen LogP) is 4.29. The van der Waals surface area contributed by atoms with Gasteiger partial charge in [0.1, 0.15) is 5.82 Å². The number of halogens is 1. The number of benzene rings is 1. The van der Waals surface area contributed by atoms with Gasteiger partial charge < -0.3 is 10.2 Å². The number of piperidine rings is 1. The van der Waals surface area contributed by atoms with Gasteiger partial charge in [0.05, 0.1) is 0 Å². The molecule has 23 heavy (non-hydrogen) atoms. The smallest absolute Gasteiger partial charge is 0.225 e. The Hall–Kier alpha value is -1.81. The molecule has 1 aromatic heterocycles. The molecule has 122 valence electrons. The van der Waals surface area contributed by atoms with Crippen molar-refractivity contribution in [1.29, 1.82) is 0 Å². The van der Waals surface area contributed by atoms with Crippen LogP contribution in [0, 0.1) is 12.8 Å². The number of rotatable bonds is 4. The maximum atomic E-state index is 5.92. The zero-order chi connectivity index (χ0) is 16.2. The Morgan fingerprint density at radius 3 is 2.57 bits per heavy atom. The van der Waals surface area contributed by atoms with Crippen LogP contribution in [-0.2, 0) is 6.54 Å². The van der Waals surface area contributed by atoms with Crippen molar-refractivity contribution in [2.75, 3.05) is 23.3 Å². The molecule has 3 rings (SSSR count). The van der Waals surface area contributed by atoms with E-state index in [4.69, 9.17) is 16.6 Å². The van der Waals surface area contributed by atoms with Gasteiger partial charge in [-0.05, 0) is 43.4 Å². The van der Waals surface area contributed by atoms with Crippen LogP contribution in [0.25, 0.3) is 0 Å². The summed E-state index contributed by atoms with van der Waals surface area (Å²) in [4.78, 5) is 11.6. The van der Waals surface area contributed by atoms with Gasteiger partial charge in [0.25, 0.3) is 0 Å². The first-order valence-corrected chi connectivity index (χ1v) is 8.57. The molecule has 1 aliphatic heterocycles. The SMILES string of the molecule is Cc1cc(N2CCC(C)CC2)nc(NCc2ccc(Cl)cc2)n1. The van der Waals surface area contributed by atoms with Gasteiger partial charge in [0.2, 0.25) is 5.95 Å². The molecule has 1 aromatic carbocycles. The average molecular weight is 331 g/mol. The van der Waals surface area contributed by atoms with Gasteiger partial charge in [-0.15, -0.1) is 0 Å². The summed E-state index contributed by atoms with van der Waals surface area (Å²) in [6.07, 6.45) is 2.47. The highest BCUT2D eigenvalue weighted by Gasteiger charge is 2.17. The standard InChI is InChI=1S/C18H23ClN4/c1-13-7-9-23(10-8-13)17-11-14(2)21-18(22-17)20-12-15-3-5-16(19)6-4-15/h3-6,11,13H,7-10,12H2,1-2H3,(H,20,21,22). The Bertz CT molecular complexity index is 649. The van der Waals surface area contributed by atoms with Crippen LogP contribution in [-0.4, -0.2) is 23.1 Å². The molecule has 4 nitrogen and oxygen atoms in total. The van der Waals surface area contributed by atoms with Crippen molar-refractivity contribution in [3.8, 4) is 0 Å².